The number of carboxylic acids is 1. The predicted molar refractivity (Wildman–Crippen MR) is 28.5 cm³/mol. The van der Waals surface area contributed by atoms with Gasteiger partial charge in [-0.15, -0.1) is 0 Å². The van der Waals surface area contributed by atoms with E-state index in [1.54, 1.807) is 0 Å². The predicted octanol–water partition coefficient (Wildman–Crippen LogP) is -0.00350. The van der Waals surface area contributed by atoms with E-state index in [1.807, 2.05) is 0 Å². The molecule has 0 amide bonds. The SMILES string of the molecule is O=C1OCCC(C(=O)O)O1. The van der Waals surface area contributed by atoms with Crippen LogP contribution in [0.1, 0.15) is 6.42 Å². The third-order valence-electron chi connectivity index (χ3n) is 1.11. The fraction of sp³-hybridized carbons (Fsp3) is 0.600. The van der Waals surface area contributed by atoms with E-state index in [2.05, 4.69) is 9.47 Å². The second kappa shape index (κ2) is 2.55. The Balaban J connectivity index is 2.47. The summed E-state index contributed by atoms with van der Waals surface area (Å²) in [6, 6.07) is 0. The van der Waals surface area contributed by atoms with Gasteiger partial charge in [-0.3, -0.25) is 0 Å². The van der Waals surface area contributed by atoms with Gasteiger partial charge in [0.15, 0.2) is 0 Å². The van der Waals surface area contributed by atoms with Gasteiger partial charge in [-0.05, 0) is 0 Å². The lowest BCUT2D eigenvalue weighted by Gasteiger charge is -2.17. The first kappa shape index (κ1) is 6.85. The number of ether oxygens (including phenoxy) is 2. The molecule has 1 heterocycles. The van der Waals surface area contributed by atoms with Crippen molar-refractivity contribution in [2.45, 2.75) is 12.5 Å². The summed E-state index contributed by atoms with van der Waals surface area (Å²) in [6.07, 6.45) is -1.71. The minimum absolute atomic E-state index is 0.121. The molecule has 1 aliphatic heterocycles. The Morgan fingerprint density at radius 3 is 2.80 bits per heavy atom. The first-order valence-electron chi connectivity index (χ1n) is 2.76. The maximum atomic E-state index is 10.3. The van der Waals surface area contributed by atoms with Crippen LogP contribution in [-0.2, 0) is 14.3 Å². The van der Waals surface area contributed by atoms with Crippen LogP contribution in [0.25, 0.3) is 0 Å². The molecule has 0 radical (unpaired) electrons. The van der Waals surface area contributed by atoms with Gasteiger partial charge in [-0.1, -0.05) is 0 Å². The highest BCUT2D eigenvalue weighted by molar-refractivity contribution is 5.76. The number of carbonyl (C=O) groups is 2. The van der Waals surface area contributed by atoms with Crippen molar-refractivity contribution in [3.05, 3.63) is 0 Å². The molecule has 5 nitrogen and oxygen atoms in total. The molecule has 1 fully saturated rings. The molecule has 0 saturated carbocycles. The summed E-state index contributed by atoms with van der Waals surface area (Å²) in [5.74, 6) is -1.13. The molecule has 0 aromatic rings. The number of hydrogen-bond acceptors (Lipinski definition) is 4. The molecule has 0 aromatic carbocycles. The summed E-state index contributed by atoms with van der Waals surface area (Å²) in [7, 11) is 0. The minimum Gasteiger partial charge on any atom is -0.479 e. The molecule has 5 heteroatoms. The summed E-state index contributed by atoms with van der Waals surface area (Å²) in [6.45, 7) is 0.121. The van der Waals surface area contributed by atoms with Crippen LogP contribution in [0.2, 0.25) is 0 Å². The molecule has 1 N–H and O–H groups in total. The number of rotatable bonds is 1. The van der Waals surface area contributed by atoms with Gasteiger partial charge in [0.05, 0.1) is 6.61 Å². The first-order valence-corrected chi connectivity index (χ1v) is 2.76. The zero-order valence-electron chi connectivity index (χ0n) is 5.07. The maximum Gasteiger partial charge on any atom is 0.509 e. The highest BCUT2D eigenvalue weighted by Gasteiger charge is 2.27. The molecular weight excluding hydrogens is 140 g/mol. The molecule has 0 bridgehead atoms. The van der Waals surface area contributed by atoms with Crippen LogP contribution in [0.15, 0.2) is 0 Å². The van der Waals surface area contributed by atoms with Crippen LogP contribution < -0.4 is 0 Å². The number of cyclic esters (lactones) is 2. The largest absolute Gasteiger partial charge is 0.509 e. The van der Waals surface area contributed by atoms with E-state index >= 15 is 0 Å². The van der Waals surface area contributed by atoms with Crippen LogP contribution in [0.3, 0.4) is 0 Å². The second-order valence-electron chi connectivity index (χ2n) is 1.83. The molecule has 1 rings (SSSR count). The molecule has 56 valence electrons. The average molecular weight is 146 g/mol. The molecule has 0 aliphatic carbocycles. The van der Waals surface area contributed by atoms with E-state index in [1.165, 1.54) is 0 Å². The second-order valence-corrected chi connectivity index (χ2v) is 1.83. The fourth-order valence-corrected chi connectivity index (χ4v) is 0.632. The lowest BCUT2D eigenvalue weighted by molar-refractivity contribution is -0.152. The first-order chi connectivity index (χ1) is 4.70. The molecular formula is C5H6O5. The lowest BCUT2D eigenvalue weighted by atomic mass is 10.2. The van der Waals surface area contributed by atoms with E-state index in [-0.39, 0.29) is 13.0 Å². The van der Waals surface area contributed by atoms with E-state index < -0.39 is 18.2 Å². The quantitative estimate of drug-likeness (QED) is 0.527. The molecule has 10 heavy (non-hydrogen) atoms. The molecule has 1 unspecified atom stereocenters. The molecule has 0 aromatic heterocycles. The average Bonchev–Trinajstić information content (AvgIpc) is 1.88. The van der Waals surface area contributed by atoms with Gasteiger partial charge in [0.2, 0.25) is 6.10 Å². The van der Waals surface area contributed by atoms with E-state index in [4.69, 9.17) is 5.11 Å². The Hall–Kier alpha value is -1.26. The smallest absolute Gasteiger partial charge is 0.479 e. The summed E-state index contributed by atoms with van der Waals surface area (Å²) in [4.78, 5) is 20.4. The third kappa shape index (κ3) is 1.37. The van der Waals surface area contributed by atoms with Gasteiger partial charge in [-0.25, -0.2) is 9.59 Å². The normalized spacial score (nSPS) is 24.8. The zero-order chi connectivity index (χ0) is 7.56. The number of aliphatic carboxylic acids is 1. The number of carbonyl (C=O) groups excluding carboxylic acids is 1. The van der Waals surface area contributed by atoms with Gasteiger partial charge in [0.25, 0.3) is 0 Å². The summed E-state index contributed by atoms with van der Waals surface area (Å²) >= 11 is 0. The van der Waals surface area contributed by atoms with Crippen molar-refractivity contribution in [3.8, 4) is 0 Å². The lowest BCUT2D eigenvalue weighted by Crippen LogP contribution is -2.33. The van der Waals surface area contributed by atoms with Crippen molar-refractivity contribution in [1.29, 1.82) is 0 Å². The Labute approximate surface area is 56.5 Å². The Morgan fingerprint density at radius 2 is 2.40 bits per heavy atom. The van der Waals surface area contributed by atoms with Crippen LogP contribution in [0.4, 0.5) is 4.79 Å². The van der Waals surface area contributed by atoms with E-state index in [9.17, 15) is 9.59 Å². The van der Waals surface area contributed by atoms with Crippen molar-refractivity contribution in [1.82, 2.24) is 0 Å². The van der Waals surface area contributed by atoms with Crippen molar-refractivity contribution in [2.75, 3.05) is 6.61 Å². The summed E-state index contributed by atoms with van der Waals surface area (Å²) in [5.41, 5.74) is 0. The highest BCUT2D eigenvalue weighted by atomic mass is 16.7. The van der Waals surface area contributed by atoms with Gasteiger partial charge < -0.3 is 14.6 Å². The Bertz CT molecular complexity index is 161. The molecule has 0 spiro atoms. The molecule has 1 aliphatic rings. The Morgan fingerprint density at radius 1 is 1.70 bits per heavy atom. The highest BCUT2D eigenvalue weighted by Crippen LogP contribution is 2.07. The van der Waals surface area contributed by atoms with Crippen molar-refractivity contribution in [2.24, 2.45) is 0 Å². The topological polar surface area (TPSA) is 72.8 Å². The van der Waals surface area contributed by atoms with Crippen molar-refractivity contribution in [3.63, 3.8) is 0 Å². The summed E-state index contributed by atoms with van der Waals surface area (Å²) in [5, 5.41) is 8.32. The van der Waals surface area contributed by atoms with E-state index in [0.717, 1.165) is 0 Å². The van der Waals surface area contributed by atoms with Gasteiger partial charge in [0.1, 0.15) is 0 Å². The molecule has 1 saturated heterocycles. The standard InChI is InChI=1S/C5H6O5/c6-4(7)3-1-2-9-5(8)10-3/h3H,1-2H2,(H,6,7). The zero-order valence-corrected chi connectivity index (χ0v) is 5.07. The van der Waals surface area contributed by atoms with Gasteiger partial charge in [-0.2, -0.15) is 0 Å². The van der Waals surface area contributed by atoms with E-state index in [0.29, 0.717) is 0 Å². The van der Waals surface area contributed by atoms with Crippen molar-refractivity contribution < 1.29 is 24.2 Å². The fourth-order valence-electron chi connectivity index (χ4n) is 0.632. The van der Waals surface area contributed by atoms with Crippen LogP contribution >= 0.6 is 0 Å². The molecule has 1 atom stereocenters. The van der Waals surface area contributed by atoms with Crippen LogP contribution in [-0.4, -0.2) is 29.9 Å². The summed E-state index contributed by atoms with van der Waals surface area (Å²) < 4.78 is 8.62. The third-order valence-corrected chi connectivity index (χ3v) is 1.11. The Kier molecular flexibility index (Phi) is 1.75. The van der Waals surface area contributed by atoms with Crippen LogP contribution in [0, 0.1) is 0 Å². The maximum absolute atomic E-state index is 10.3. The van der Waals surface area contributed by atoms with Crippen molar-refractivity contribution >= 4 is 12.1 Å². The van der Waals surface area contributed by atoms with Gasteiger partial charge in [0, 0.05) is 6.42 Å². The monoisotopic (exact) mass is 146 g/mol. The minimum atomic E-state index is -1.13. The number of hydrogen-bond donors (Lipinski definition) is 1. The number of carboxylic acid groups (broad SMARTS) is 1. The van der Waals surface area contributed by atoms with Crippen LogP contribution in [0.5, 0.6) is 0 Å². The van der Waals surface area contributed by atoms with Gasteiger partial charge >= 0.3 is 12.1 Å².